The van der Waals surface area contributed by atoms with Gasteiger partial charge in [0.05, 0.1) is 0 Å². The van der Waals surface area contributed by atoms with Crippen LogP contribution in [-0.2, 0) is 0 Å². The molecule has 0 bridgehead atoms. The zero-order valence-electron chi connectivity index (χ0n) is 22.0. The fourth-order valence-corrected chi connectivity index (χ4v) is 3.58. The Morgan fingerprint density at radius 3 is 1.71 bits per heavy atom. The van der Waals surface area contributed by atoms with E-state index < -0.39 is 0 Å². The monoisotopic (exact) mass is 398 g/mol. The van der Waals surface area contributed by atoms with E-state index in [2.05, 4.69) is 61.5 Å². The van der Waals surface area contributed by atoms with Gasteiger partial charge in [-0.3, -0.25) is 0 Å². The number of allylic oxidation sites excluding steroid dienone is 2. The zero-order valence-corrected chi connectivity index (χ0v) is 22.0. The molecule has 2 rings (SSSR count). The van der Waals surface area contributed by atoms with Crippen LogP contribution in [0.15, 0.2) is 11.6 Å². The molecule has 1 nitrogen and oxygen atoms in total. The largest absolute Gasteiger partial charge is 0.394 e. The van der Waals surface area contributed by atoms with Crippen LogP contribution in [0.1, 0.15) is 134 Å². The van der Waals surface area contributed by atoms with Crippen molar-refractivity contribution in [3.63, 3.8) is 0 Å². The smallest absolute Gasteiger partial charge is 0.0483 e. The molecule has 0 aromatic carbocycles. The normalized spacial score (nSPS) is 22.3. The second kappa shape index (κ2) is 20.0. The number of rotatable bonds is 2. The van der Waals surface area contributed by atoms with Gasteiger partial charge in [-0.25, -0.2) is 0 Å². The lowest BCUT2D eigenvalue weighted by atomic mass is 9.70. The minimum atomic E-state index is -0.167. The SMILES string of the molecule is CC.CC(C)O.CC1=CCC(C2CCCC2(C)C)CC1.CCC.CCC(C)C. The molecular weight excluding hydrogens is 340 g/mol. The summed E-state index contributed by atoms with van der Waals surface area (Å²) in [7, 11) is 0. The Kier molecular flexibility index (Phi) is 23.1. The maximum Gasteiger partial charge on any atom is 0.0483 e. The van der Waals surface area contributed by atoms with Gasteiger partial charge in [0.25, 0.3) is 0 Å². The van der Waals surface area contributed by atoms with Crippen molar-refractivity contribution in [2.24, 2.45) is 23.2 Å². The van der Waals surface area contributed by atoms with E-state index in [1.807, 2.05) is 13.8 Å². The van der Waals surface area contributed by atoms with Crippen LogP contribution in [0.3, 0.4) is 0 Å². The Balaban J connectivity index is -0.000000372. The summed E-state index contributed by atoms with van der Waals surface area (Å²) >= 11 is 0. The topological polar surface area (TPSA) is 20.2 Å². The maximum atomic E-state index is 8.06. The van der Waals surface area contributed by atoms with Gasteiger partial charge in [0.1, 0.15) is 0 Å². The predicted octanol–water partition coefficient (Wildman–Crippen LogP) is 9.44. The molecule has 1 saturated carbocycles. The lowest BCUT2D eigenvalue weighted by molar-refractivity contribution is 0.165. The third-order valence-corrected chi connectivity index (χ3v) is 5.40. The van der Waals surface area contributed by atoms with Gasteiger partial charge in [0, 0.05) is 6.10 Å². The van der Waals surface area contributed by atoms with Gasteiger partial charge in [-0.1, -0.05) is 93.2 Å². The van der Waals surface area contributed by atoms with Gasteiger partial charge < -0.3 is 5.11 Å². The number of aliphatic hydroxyl groups excluding tert-OH is 1. The molecule has 0 aliphatic heterocycles. The van der Waals surface area contributed by atoms with E-state index in [4.69, 9.17) is 5.11 Å². The summed E-state index contributed by atoms with van der Waals surface area (Å²) in [6.07, 6.45) is 13.5. The van der Waals surface area contributed by atoms with Crippen LogP contribution in [0.25, 0.3) is 0 Å². The molecule has 2 aliphatic carbocycles. The van der Waals surface area contributed by atoms with E-state index in [-0.39, 0.29) is 6.10 Å². The van der Waals surface area contributed by atoms with E-state index in [1.165, 1.54) is 51.4 Å². The van der Waals surface area contributed by atoms with Crippen LogP contribution < -0.4 is 0 Å². The van der Waals surface area contributed by atoms with E-state index in [1.54, 1.807) is 19.4 Å². The second-order valence-electron chi connectivity index (χ2n) is 9.68. The average molecular weight is 399 g/mol. The minimum Gasteiger partial charge on any atom is -0.394 e. The van der Waals surface area contributed by atoms with Gasteiger partial charge in [-0.15, -0.1) is 0 Å². The lowest BCUT2D eigenvalue weighted by Gasteiger charge is -2.35. The number of hydrogen-bond acceptors (Lipinski definition) is 1. The van der Waals surface area contributed by atoms with Crippen LogP contribution in [0.4, 0.5) is 0 Å². The Bertz CT molecular complexity index is 335. The summed E-state index contributed by atoms with van der Waals surface area (Å²) < 4.78 is 0. The van der Waals surface area contributed by atoms with Gasteiger partial charge in [-0.2, -0.15) is 0 Å². The quantitative estimate of drug-likeness (QED) is 0.459. The molecule has 1 fully saturated rings. The van der Waals surface area contributed by atoms with Crippen molar-refractivity contribution in [1.82, 2.24) is 0 Å². The van der Waals surface area contributed by atoms with Crippen molar-refractivity contribution in [2.75, 3.05) is 0 Å². The van der Waals surface area contributed by atoms with Crippen molar-refractivity contribution in [3.8, 4) is 0 Å². The Labute approximate surface area is 180 Å². The highest BCUT2D eigenvalue weighted by Crippen LogP contribution is 2.49. The van der Waals surface area contributed by atoms with E-state index in [0.717, 1.165) is 17.8 Å². The molecule has 0 spiro atoms. The lowest BCUT2D eigenvalue weighted by Crippen LogP contribution is -2.26. The van der Waals surface area contributed by atoms with Crippen LogP contribution in [-0.4, -0.2) is 11.2 Å². The molecule has 2 aliphatic rings. The summed E-state index contributed by atoms with van der Waals surface area (Å²) in [6.45, 7) is 25.6. The third-order valence-electron chi connectivity index (χ3n) is 5.40. The molecule has 0 heterocycles. The second-order valence-corrected chi connectivity index (χ2v) is 9.68. The molecule has 0 saturated heterocycles. The van der Waals surface area contributed by atoms with Crippen LogP contribution in [0.5, 0.6) is 0 Å². The molecule has 0 aromatic rings. The molecule has 172 valence electrons. The maximum absolute atomic E-state index is 8.06. The number of aliphatic hydroxyl groups is 1. The predicted molar refractivity (Wildman–Crippen MR) is 132 cm³/mol. The van der Waals surface area contributed by atoms with Crippen molar-refractivity contribution < 1.29 is 5.11 Å². The van der Waals surface area contributed by atoms with Crippen molar-refractivity contribution >= 4 is 0 Å². The first kappa shape index (κ1) is 32.4. The van der Waals surface area contributed by atoms with Crippen LogP contribution in [0, 0.1) is 23.2 Å². The van der Waals surface area contributed by atoms with E-state index in [9.17, 15) is 0 Å². The highest BCUT2D eigenvalue weighted by atomic mass is 16.3. The Morgan fingerprint density at radius 1 is 1.04 bits per heavy atom. The van der Waals surface area contributed by atoms with Crippen molar-refractivity contribution in [2.45, 2.75) is 141 Å². The molecule has 0 amide bonds. The summed E-state index contributed by atoms with van der Waals surface area (Å²) in [6, 6.07) is 0. The molecule has 2 unspecified atom stereocenters. The highest BCUT2D eigenvalue weighted by Gasteiger charge is 2.39. The summed E-state index contributed by atoms with van der Waals surface area (Å²) in [5.41, 5.74) is 2.25. The molecule has 1 heteroatoms. The number of hydrogen-bond donors (Lipinski definition) is 1. The Hall–Kier alpha value is -0.300. The van der Waals surface area contributed by atoms with Gasteiger partial charge >= 0.3 is 0 Å². The van der Waals surface area contributed by atoms with Crippen molar-refractivity contribution in [1.29, 1.82) is 0 Å². The first-order chi connectivity index (χ1) is 13.0. The fraction of sp³-hybridized carbons (Fsp3) is 0.926. The molecule has 0 aromatic heterocycles. The summed E-state index contributed by atoms with van der Waals surface area (Å²) in [5.74, 6) is 2.89. The Morgan fingerprint density at radius 2 is 1.46 bits per heavy atom. The van der Waals surface area contributed by atoms with Crippen LogP contribution in [0.2, 0.25) is 0 Å². The summed E-state index contributed by atoms with van der Waals surface area (Å²) in [4.78, 5) is 0. The van der Waals surface area contributed by atoms with Gasteiger partial charge in [0.2, 0.25) is 0 Å². The van der Waals surface area contributed by atoms with Gasteiger partial charge in [0.15, 0.2) is 0 Å². The molecular formula is C27H58O. The summed E-state index contributed by atoms with van der Waals surface area (Å²) in [5, 5.41) is 8.06. The van der Waals surface area contributed by atoms with Crippen LogP contribution >= 0.6 is 0 Å². The molecule has 2 atom stereocenters. The highest BCUT2D eigenvalue weighted by molar-refractivity contribution is 5.05. The first-order valence-corrected chi connectivity index (χ1v) is 12.3. The van der Waals surface area contributed by atoms with E-state index >= 15 is 0 Å². The molecule has 1 N–H and O–H groups in total. The minimum absolute atomic E-state index is 0.167. The van der Waals surface area contributed by atoms with Crippen molar-refractivity contribution in [3.05, 3.63) is 11.6 Å². The van der Waals surface area contributed by atoms with Gasteiger partial charge in [-0.05, 0) is 76.0 Å². The fourth-order valence-electron chi connectivity index (χ4n) is 3.58. The van der Waals surface area contributed by atoms with E-state index in [0.29, 0.717) is 5.41 Å². The third kappa shape index (κ3) is 19.0. The zero-order chi connectivity index (χ0) is 22.8. The first-order valence-electron chi connectivity index (χ1n) is 12.3. The average Bonchev–Trinajstić information content (AvgIpc) is 2.97. The molecule has 28 heavy (non-hydrogen) atoms. The molecule has 0 radical (unpaired) electrons. The standard InChI is InChI=1S/C14H24.C5H12.C3H8O.C3H8.C2H6/c1-11-6-8-12(9-7-11)13-5-4-10-14(13,2)3;1-4-5(2)3;1-3(2)4;1-3-2;1-2/h6,12-13H,4-5,7-10H2,1-3H3;5H,4H2,1-3H3;3-4H,1-2H3;3H2,1-2H3;1-2H3.